The fourth-order valence-electron chi connectivity index (χ4n) is 2.17. The van der Waals surface area contributed by atoms with Crippen LogP contribution in [0.25, 0.3) is 0 Å². The first-order chi connectivity index (χ1) is 8.17. The van der Waals surface area contributed by atoms with Gasteiger partial charge in [-0.2, -0.15) is 0 Å². The Balaban J connectivity index is 1.95. The van der Waals surface area contributed by atoms with Crippen molar-refractivity contribution in [2.75, 3.05) is 33.4 Å². The molecule has 2 rings (SSSR count). The van der Waals surface area contributed by atoms with Crippen LogP contribution in [-0.4, -0.2) is 54.8 Å². The summed E-state index contributed by atoms with van der Waals surface area (Å²) in [6.45, 7) is 6.99. The lowest BCUT2D eigenvalue weighted by Crippen LogP contribution is -2.14. The van der Waals surface area contributed by atoms with Gasteiger partial charge in [-0.25, -0.2) is 9.34 Å². The van der Waals surface area contributed by atoms with Gasteiger partial charge in [-0.1, -0.05) is 13.8 Å². The van der Waals surface area contributed by atoms with E-state index in [0.29, 0.717) is 25.3 Å². The van der Waals surface area contributed by atoms with E-state index in [1.165, 1.54) is 0 Å². The number of nitrogens with zero attached hydrogens (tertiary/aromatic N) is 2. The molecule has 5 nitrogen and oxygen atoms in total. The second-order valence-corrected chi connectivity index (χ2v) is 6.95. The van der Waals surface area contributed by atoms with Gasteiger partial charge in [-0.05, 0) is 12.8 Å². The average Bonchev–Trinajstić information content (AvgIpc) is 3.20. The molecule has 0 aromatic rings. The Morgan fingerprint density at radius 3 is 2.00 bits per heavy atom. The van der Waals surface area contributed by atoms with E-state index in [-0.39, 0.29) is 0 Å². The summed E-state index contributed by atoms with van der Waals surface area (Å²) in [5.41, 5.74) is 0. The summed E-state index contributed by atoms with van der Waals surface area (Å²) < 4.78 is 27.6. The third kappa shape index (κ3) is 2.74. The molecule has 17 heavy (non-hydrogen) atoms. The molecule has 2 aliphatic rings. The fourth-order valence-corrected chi connectivity index (χ4v) is 5.02. The van der Waals surface area contributed by atoms with Gasteiger partial charge < -0.3 is 9.26 Å². The molecular formula is C11H23N2O3P. The van der Waals surface area contributed by atoms with Gasteiger partial charge in [0.1, 0.15) is 0 Å². The molecule has 2 saturated heterocycles. The van der Waals surface area contributed by atoms with Crippen LogP contribution in [0.4, 0.5) is 0 Å². The Hall–Kier alpha value is 0.0700. The fraction of sp³-hybridized carbons (Fsp3) is 1.00. The van der Waals surface area contributed by atoms with E-state index in [2.05, 4.69) is 13.8 Å². The Kier molecular flexibility index (Phi) is 4.26. The van der Waals surface area contributed by atoms with Crippen LogP contribution in [-0.2, 0) is 13.8 Å². The van der Waals surface area contributed by atoms with E-state index in [9.17, 15) is 4.57 Å². The molecule has 0 amide bonds. The molecule has 2 unspecified atom stereocenters. The van der Waals surface area contributed by atoms with Crippen LogP contribution in [0.2, 0.25) is 0 Å². The van der Waals surface area contributed by atoms with Crippen molar-refractivity contribution in [2.45, 2.75) is 38.8 Å². The van der Waals surface area contributed by atoms with Crippen molar-refractivity contribution in [2.24, 2.45) is 0 Å². The van der Waals surface area contributed by atoms with Gasteiger partial charge in [0, 0.05) is 32.3 Å². The summed E-state index contributed by atoms with van der Waals surface area (Å²) in [4.78, 5) is 0. The van der Waals surface area contributed by atoms with Crippen molar-refractivity contribution in [3.05, 3.63) is 0 Å². The number of hydrogen-bond donors (Lipinski definition) is 0. The lowest BCUT2D eigenvalue weighted by molar-refractivity contribution is 0.139. The molecule has 0 spiro atoms. The van der Waals surface area contributed by atoms with E-state index < -0.39 is 7.67 Å². The first-order valence-corrected chi connectivity index (χ1v) is 7.98. The molecule has 0 aromatic carbocycles. The van der Waals surface area contributed by atoms with Crippen molar-refractivity contribution >= 4 is 7.67 Å². The number of hydrogen-bond acceptors (Lipinski definition) is 3. The van der Waals surface area contributed by atoms with E-state index in [4.69, 9.17) is 9.26 Å². The first-order valence-electron chi connectivity index (χ1n) is 6.45. The molecule has 100 valence electrons. The zero-order valence-corrected chi connectivity index (χ0v) is 11.9. The summed E-state index contributed by atoms with van der Waals surface area (Å²) in [5.74, 6) is 0. The molecule has 0 aromatic heterocycles. The van der Waals surface area contributed by atoms with Crippen LogP contribution in [0.15, 0.2) is 0 Å². The highest BCUT2D eigenvalue weighted by Crippen LogP contribution is 2.65. The van der Waals surface area contributed by atoms with E-state index in [0.717, 1.165) is 25.9 Å². The quantitative estimate of drug-likeness (QED) is 0.380. The van der Waals surface area contributed by atoms with Crippen molar-refractivity contribution in [3.63, 3.8) is 0 Å². The maximum absolute atomic E-state index is 12.9. The summed E-state index contributed by atoms with van der Waals surface area (Å²) in [5, 5.41) is 0. The zero-order valence-electron chi connectivity index (χ0n) is 11.0. The lowest BCUT2D eigenvalue weighted by Gasteiger charge is -2.21. The topological polar surface area (TPSA) is 41.5 Å². The molecule has 6 heteroatoms. The van der Waals surface area contributed by atoms with Crippen LogP contribution in [0, 0.1) is 0 Å². The van der Waals surface area contributed by atoms with Gasteiger partial charge in [0.25, 0.3) is 0 Å². The zero-order chi connectivity index (χ0) is 12.5. The summed E-state index contributed by atoms with van der Waals surface area (Å²) in [6.07, 6.45) is 2.09. The third-order valence-corrected chi connectivity index (χ3v) is 6.31. The van der Waals surface area contributed by atoms with Gasteiger partial charge >= 0.3 is 7.67 Å². The van der Waals surface area contributed by atoms with Crippen LogP contribution < -0.4 is 0 Å². The largest absolute Gasteiger partial charge is 0.382 e. The molecule has 2 aliphatic heterocycles. The SMILES string of the molecule is CC[C@H]1CN1P(=O)(OCCOC)N1C[C@@H]1CC. The standard InChI is InChI=1S/C11H23N2O3P/c1-4-10-8-12(10)17(14,16-7-6-15-3)13-9-11(13)5-2/h10-11H,4-9H2,1-3H3/t10-,11-,12?,13?,17?/m0/s1. The molecule has 0 N–H and O–H groups in total. The first kappa shape index (κ1) is 13.5. The highest BCUT2D eigenvalue weighted by molar-refractivity contribution is 7.54. The maximum Gasteiger partial charge on any atom is 0.346 e. The van der Waals surface area contributed by atoms with Crippen molar-refractivity contribution in [3.8, 4) is 0 Å². The third-order valence-electron chi connectivity index (χ3n) is 3.51. The molecule has 0 saturated carbocycles. The van der Waals surface area contributed by atoms with E-state index in [1.54, 1.807) is 7.11 Å². The molecule has 2 heterocycles. The molecule has 0 bridgehead atoms. The minimum Gasteiger partial charge on any atom is -0.382 e. The number of rotatable bonds is 8. The monoisotopic (exact) mass is 262 g/mol. The minimum absolute atomic E-state index is 0.410. The van der Waals surface area contributed by atoms with E-state index in [1.807, 2.05) is 9.34 Å². The van der Waals surface area contributed by atoms with Crippen molar-refractivity contribution in [1.82, 2.24) is 9.34 Å². The predicted octanol–water partition coefficient (Wildman–Crippen LogP) is 1.95. The number of methoxy groups -OCH3 is 1. The molecular weight excluding hydrogens is 239 g/mol. The predicted molar refractivity (Wildman–Crippen MR) is 67.0 cm³/mol. The van der Waals surface area contributed by atoms with Gasteiger partial charge in [-0.15, -0.1) is 0 Å². The van der Waals surface area contributed by atoms with Gasteiger partial charge in [0.05, 0.1) is 13.2 Å². The maximum atomic E-state index is 12.9. The highest BCUT2D eigenvalue weighted by atomic mass is 31.2. The average molecular weight is 262 g/mol. The van der Waals surface area contributed by atoms with Crippen molar-refractivity contribution < 1.29 is 13.8 Å². The number of ether oxygens (including phenoxy) is 1. The Bertz CT molecular complexity index is 291. The Morgan fingerprint density at radius 2 is 1.65 bits per heavy atom. The van der Waals surface area contributed by atoms with E-state index >= 15 is 0 Å². The van der Waals surface area contributed by atoms with Gasteiger partial charge in [-0.3, -0.25) is 4.57 Å². The summed E-state index contributed by atoms with van der Waals surface area (Å²) in [7, 11) is -1.10. The van der Waals surface area contributed by atoms with Crippen LogP contribution in [0.3, 0.4) is 0 Å². The lowest BCUT2D eigenvalue weighted by atomic mass is 10.4. The van der Waals surface area contributed by atoms with Gasteiger partial charge in [0.2, 0.25) is 0 Å². The van der Waals surface area contributed by atoms with Crippen LogP contribution in [0.1, 0.15) is 26.7 Å². The molecule has 2 fully saturated rings. The Morgan fingerprint density at radius 1 is 1.12 bits per heavy atom. The van der Waals surface area contributed by atoms with Crippen LogP contribution >= 0.6 is 7.67 Å². The van der Waals surface area contributed by atoms with Crippen LogP contribution in [0.5, 0.6) is 0 Å². The molecule has 0 aliphatic carbocycles. The second kappa shape index (κ2) is 5.37. The molecule has 4 atom stereocenters. The Labute approximate surface area is 104 Å². The minimum atomic E-state index is -2.73. The van der Waals surface area contributed by atoms with Gasteiger partial charge in [0.15, 0.2) is 0 Å². The second-order valence-electron chi connectivity index (χ2n) is 4.68. The normalized spacial score (nSPS) is 38.8. The highest BCUT2D eigenvalue weighted by Gasteiger charge is 2.57. The van der Waals surface area contributed by atoms with Crippen molar-refractivity contribution in [1.29, 1.82) is 0 Å². The molecule has 0 radical (unpaired) electrons. The summed E-state index contributed by atoms with van der Waals surface area (Å²) >= 11 is 0. The summed E-state index contributed by atoms with van der Waals surface area (Å²) in [6, 6.07) is 0.892. The smallest absolute Gasteiger partial charge is 0.346 e.